The lowest BCUT2D eigenvalue weighted by atomic mass is 10.0. The lowest BCUT2D eigenvalue weighted by Crippen LogP contribution is -2.69. The molecule has 8 nitrogen and oxygen atoms in total. The van der Waals surface area contributed by atoms with Gasteiger partial charge in [-0.25, -0.2) is 19.8 Å². The van der Waals surface area contributed by atoms with E-state index in [4.69, 9.17) is 10.5 Å². The Labute approximate surface area is 72.3 Å². The van der Waals surface area contributed by atoms with Gasteiger partial charge in [-0.15, -0.1) is 0 Å². The molecule has 0 saturated carbocycles. The number of nitrogens with one attached hydrogen (secondary N) is 2. The Hall–Kier alpha value is -1.22. The van der Waals surface area contributed by atoms with E-state index < -0.39 is 23.8 Å². The largest absolute Gasteiger partial charge is 0.323 e. The van der Waals surface area contributed by atoms with Crippen molar-refractivity contribution in [2.75, 3.05) is 0 Å². The Morgan fingerprint density at radius 2 is 2.08 bits per heavy atom. The van der Waals surface area contributed by atoms with Gasteiger partial charge in [-0.05, 0) is 6.92 Å². The molecule has 0 radical (unpaired) electrons. The van der Waals surface area contributed by atoms with Crippen molar-refractivity contribution in [2.45, 2.75) is 18.8 Å². The summed E-state index contributed by atoms with van der Waals surface area (Å²) in [6.45, 7) is 1.13. The van der Waals surface area contributed by atoms with Crippen molar-refractivity contribution in [3.05, 3.63) is 0 Å². The fourth-order valence-corrected chi connectivity index (χ4v) is 0.855. The zero-order valence-electron chi connectivity index (χ0n) is 6.60. The topological polar surface area (TPSA) is 117 Å². The number of carbonyl (C=O) groups excluding carboxylic acids is 2. The number of carbonyl (C=O) groups is 2. The molecule has 2 atom stereocenters. The highest BCUT2D eigenvalue weighted by atomic mass is 17.1. The summed E-state index contributed by atoms with van der Waals surface area (Å²) in [5.74, 6) is -0.919. The number of imide groups is 1. The summed E-state index contributed by atoms with van der Waals surface area (Å²) in [5.41, 5.74) is -1.87. The molecule has 0 bridgehead atoms. The molecule has 0 spiro atoms. The molecular formula is C5H8N2O6. The average Bonchev–Trinajstić information content (AvgIpc) is 2.11. The molecule has 1 heterocycles. The van der Waals surface area contributed by atoms with Crippen LogP contribution in [0.5, 0.6) is 0 Å². The van der Waals surface area contributed by atoms with Crippen molar-refractivity contribution in [3.8, 4) is 0 Å². The third-order valence-electron chi connectivity index (χ3n) is 1.74. The van der Waals surface area contributed by atoms with Gasteiger partial charge in [-0.3, -0.25) is 15.4 Å². The minimum Gasteiger partial charge on any atom is -0.306 e. The van der Waals surface area contributed by atoms with Crippen LogP contribution in [0.25, 0.3) is 0 Å². The summed E-state index contributed by atoms with van der Waals surface area (Å²) in [4.78, 5) is 29.3. The Bertz CT molecular complexity index is 243. The first-order valence-corrected chi connectivity index (χ1v) is 3.29. The lowest BCUT2D eigenvalue weighted by molar-refractivity contribution is -0.380. The summed E-state index contributed by atoms with van der Waals surface area (Å²) in [5, 5.41) is 20.5. The third-order valence-corrected chi connectivity index (χ3v) is 1.74. The summed E-state index contributed by atoms with van der Waals surface area (Å²) in [7, 11) is 0. The fourth-order valence-electron chi connectivity index (χ4n) is 0.855. The molecule has 8 heteroatoms. The highest BCUT2D eigenvalue weighted by Crippen LogP contribution is 2.18. The second kappa shape index (κ2) is 3.26. The van der Waals surface area contributed by atoms with Gasteiger partial charge in [0.2, 0.25) is 11.8 Å². The summed E-state index contributed by atoms with van der Waals surface area (Å²) < 4.78 is 0. The molecule has 1 saturated heterocycles. The predicted octanol–water partition coefficient (Wildman–Crippen LogP) is -1.11. The van der Waals surface area contributed by atoms with E-state index >= 15 is 0 Å². The molecule has 2 unspecified atom stereocenters. The molecule has 1 rings (SSSR count). The lowest BCUT2D eigenvalue weighted by Gasteiger charge is -2.34. The molecule has 0 aromatic heterocycles. The first-order valence-electron chi connectivity index (χ1n) is 3.29. The van der Waals surface area contributed by atoms with E-state index in [-0.39, 0.29) is 0 Å². The Morgan fingerprint density at radius 1 is 1.46 bits per heavy atom. The van der Waals surface area contributed by atoms with Crippen LogP contribution in [0.2, 0.25) is 0 Å². The number of rotatable bonds is 2. The van der Waals surface area contributed by atoms with Gasteiger partial charge in [0.1, 0.15) is 0 Å². The normalized spacial score (nSPS) is 33.9. The van der Waals surface area contributed by atoms with E-state index in [1.54, 1.807) is 0 Å². The maximum atomic E-state index is 11.1. The van der Waals surface area contributed by atoms with Crippen molar-refractivity contribution in [3.63, 3.8) is 0 Å². The zero-order valence-corrected chi connectivity index (χ0v) is 6.60. The SMILES string of the molecule is CC1(OO)C(=O)NC(=O)NC1OO. The van der Waals surface area contributed by atoms with Gasteiger partial charge < -0.3 is 5.32 Å². The molecule has 0 aliphatic carbocycles. The number of amides is 3. The van der Waals surface area contributed by atoms with E-state index in [0.717, 1.165) is 6.92 Å². The molecule has 0 aromatic rings. The van der Waals surface area contributed by atoms with Gasteiger partial charge in [0, 0.05) is 0 Å². The summed E-state index contributed by atoms with van der Waals surface area (Å²) in [6.07, 6.45) is -1.46. The van der Waals surface area contributed by atoms with Gasteiger partial charge >= 0.3 is 6.03 Å². The zero-order chi connectivity index (χ0) is 10.1. The van der Waals surface area contributed by atoms with Gasteiger partial charge in [0.25, 0.3) is 5.91 Å². The van der Waals surface area contributed by atoms with Crippen molar-refractivity contribution in [2.24, 2.45) is 0 Å². The van der Waals surface area contributed by atoms with Gasteiger partial charge in [0.15, 0.2) is 0 Å². The molecule has 1 aliphatic heterocycles. The molecule has 13 heavy (non-hydrogen) atoms. The second-order valence-electron chi connectivity index (χ2n) is 2.61. The Kier molecular flexibility index (Phi) is 2.48. The van der Waals surface area contributed by atoms with Crippen molar-refractivity contribution in [1.82, 2.24) is 10.6 Å². The van der Waals surface area contributed by atoms with Crippen LogP contribution in [0.3, 0.4) is 0 Å². The molecule has 74 valence electrons. The van der Waals surface area contributed by atoms with E-state index in [0.29, 0.717) is 0 Å². The van der Waals surface area contributed by atoms with Gasteiger partial charge in [-0.1, -0.05) is 0 Å². The number of urea groups is 1. The van der Waals surface area contributed by atoms with Crippen LogP contribution < -0.4 is 10.6 Å². The Morgan fingerprint density at radius 3 is 2.54 bits per heavy atom. The quantitative estimate of drug-likeness (QED) is 0.325. The molecular weight excluding hydrogens is 184 g/mol. The van der Waals surface area contributed by atoms with Crippen LogP contribution in [-0.4, -0.2) is 34.3 Å². The first kappa shape index (κ1) is 9.86. The van der Waals surface area contributed by atoms with Crippen molar-refractivity contribution in [1.29, 1.82) is 0 Å². The molecule has 1 fully saturated rings. The van der Waals surface area contributed by atoms with Crippen LogP contribution in [0.4, 0.5) is 4.79 Å². The summed E-state index contributed by atoms with van der Waals surface area (Å²) >= 11 is 0. The van der Waals surface area contributed by atoms with E-state index in [2.05, 4.69) is 9.78 Å². The third kappa shape index (κ3) is 1.47. The summed E-state index contributed by atoms with van der Waals surface area (Å²) in [6, 6.07) is -0.849. The number of hydrogen-bond donors (Lipinski definition) is 4. The van der Waals surface area contributed by atoms with Crippen LogP contribution in [-0.2, 0) is 14.6 Å². The average molecular weight is 192 g/mol. The predicted molar refractivity (Wildman–Crippen MR) is 36.3 cm³/mol. The standard InChI is InChI=1S/C5H8N2O6/c1-5(13-11)2(8)6-4(9)7-3(5)12-10/h3,10-11H,1H3,(H2,6,7,8,9). The van der Waals surface area contributed by atoms with E-state index in [1.165, 1.54) is 0 Å². The smallest absolute Gasteiger partial charge is 0.306 e. The number of hydrogen-bond acceptors (Lipinski definition) is 6. The minimum absolute atomic E-state index is 0.849. The molecule has 0 aromatic carbocycles. The molecule has 1 aliphatic rings. The molecule has 3 amide bonds. The monoisotopic (exact) mass is 192 g/mol. The van der Waals surface area contributed by atoms with E-state index in [1.807, 2.05) is 10.6 Å². The van der Waals surface area contributed by atoms with Crippen LogP contribution in [0.15, 0.2) is 0 Å². The first-order chi connectivity index (χ1) is 6.04. The highest BCUT2D eigenvalue weighted by molar-refractivity contribution is 6.01. The van der Waals surface area contributed by atoms with Gasteiger partial charge in [-0.2, -0.15) is 0 Å². The van der Waals surface area contributed by atoms with Crippen LogP contribution in [0, 0.1) is 0 Å². The minimum atomic E-state index is -1.87. The van der Waals surface area contributed by atoms with Crippen LogP contribution >= 0.6 is 0 Å². The van der Waals surface area contributed by atoms with E-state index in [9.17, 15) is 9.59 Å². The van der Waals surface area contributed by atoms with Gasteiger partial charge in [0.05, 0.1) is 0 Å². The second-order valence-corrected chi connectivity index (χ2v) is 2.61. The maximum absolute atomic E-state index is 11.1. The van der Waals surface area contributed by atoms with Crippen LogP contribution in [0.1, 0.15) is 6.92 Å². The molecule has 4 N–H and O–H groups in total. The highest BCUT2D eigenvalue weighted by Gasteiger charge is 2.50. The maximum Gasteiger partial charge on any atom is 0.323 e. The fraction of sp³-hybridized carbons (Fsp3) is 0.600. The Balaban J connectivity index is 2.90. The van der Waals surface area contributed by atoms with Crippen molar-refractivity contribution >= 4 is 11.9 Å². The van der Waals surface area contributed by atoms with Crippen molar-refractivity contribution < 1.29 is 29.9 Å².